The molecule has 0 aromatic heterocycles. The molecule has 126 valence electrons. The molecular weight excluding hydrogens is 304 g/mol. The monoisotopic (exact) mass is 330 g/mol. The summed E-state index contributed by atoms with van der Waals surface area (Å²) in [5.74, 6) is 1.19. The lowest BCUT2D eigenvalue weighted by Crippen LogP contribution is -2.26. The molecule has 6 heteroatoms. The molecule has 0 radical (unpaired) electrons. The van der Waals surface area contributed by atoms with E-state index in [4.69, 9.17) is 15.2 Å². The minimum Gasteiger partial charge on any atom is -0.490 e. The zero-order valence-electron chi connectivity index (χ0n) is 13.4. The van der Waals surface area contributed by atoms with Gasteiger partial charge >= 0.3 is 0 Å². The van der Waals surface area contributed by atoms with E-state index in [1.165, 1.54) is 0 Å². The minimum absolute atomic E-state index is 0. The number of halogens is 1. The molecule has 1 aromatic rings. The fraction of sp³-hybridized carbons (Fsp3) is 0.562. The van der Waals surface area contributed by atoms with E-state index in [0.29, 0.717) is 43.4 Å². The quantitative estimate of drug-likeness (QED) is 0.647. The highest BCUT2D eigenvalue weighted by molar-refractivity contribution is 5.94. The van der Waals surface area contributed by atoms with Gasteiger partial charge in [0.2, 0.25) is 0 Å². The first-order valence-electron chi connectivity index (χ1n) is 7.60. The van der Waals surface area contributed by atoms with Crippen molar-refractivity contribution in [1.82, 2.24) is 5.32 Å². The Balaban J connectivity index is 0.00000441. The smallest absolute Gasteiger partial charge is 0.251 e. The summed E-state index contributed by atoms with van der Waals surface area (Å²) in [7, 11) is 0. The van der Waals surface area contributed by atoms with Crippen LogP contribution >= 0.6 is 12.4 Å². The Labute approximate surface area is 139 Å². The normalized spacial score (nSPS) is 9.77. The van der Waals surface area contributed by atoms with Gasteiger partial charge in [0.25, 0.3) is 5.91 Å². The maximum Gasteiger partial charge on any atom is 0.251 e. The Bertz CT molecular complexity index is 441. The van der Waals surface area contributed by atoms with Gasteiger partial charge in [0, 0.05) is 12.1 Å². The summed E-state index contributed by atoms with van der Waals surface area (Å²) in [6.45, 7) is 6.45. The van der Waals surface area contributed by atoms with Crippen LogP contribution in [-0.2, 0) is 0 Å². The number of rotatable bonds is 10. The second-order valence-corrected chi connectivity index (χ2v) is 4.76. The molecule has 22 heavy (non-hydrogen) atoms. The number of carbonyl (C=O) groups excluding carboxylic acids is 1. The van der Waals surface area contributed by atoms with E-state index in [1.807, 2.05) is 13.8 Å². The second-order valence-electron chi connectivity index (χ2n) is 4.76. The topological polar surface area (TPSA) is 73.6 Å². The van der Waals surface area contributed by atoms with E-state index in [1.54, 1.807) is 18.2 Å². The first kappa shape index (κ1) is 20.5. The van der Waals surface area contributed by atoms with Gasteiger partial charge in [-0.3, -0.25) is 4.79 Å². The fourth-order valence-electron chi connectivity index (χ4n) is 1.71. The Morgan fingerprint density at radius 3 is 2.36 bits per heavy atom. The van der Waals surface area contributed by atoms with Crippen molar-refractivity contribution in [2.24, 2.45) is 5.73 Å². The van der Waals surface area contributed by atoms with Crippen molar-refractivity contribution in [3.05, 3.63) is 23.8 Å². The van der Waals surface area contributed by atoms with E-state index in [0.717, 1.165) is 19.3 Å². The lowest BCUT2D eigenvalue weighted by Gasteiger charge is -2.13. The average Bonchev–Trinajstić information content (AvgIpc) is 2.51. The largest absolute Gasteiger partial charge is 0.490 e. The van der Waals surface area contributed by atoms with Crippen molar-refractivity contribution in [2.75, 3.05) is 26.3 Å². The summed E-state index contributed by atoms with van der Waals surface area (Å²) in [5.41, 5.74) is 5.98. The summed E-state index contributed by atoms with van der Waals surface area (Å²) >= 11 is 0. The number of nitrogens with two attached hydrogens (primary N) is 1. The van der Waals surface area contributed by atoms with Crippen molar-refractivity contribution < 1.29 is 14.3 Å². The van der Waals surface area contributed by atoms with Crippen LogP contribution in [0.3, 0.4) is 0 Å². The van der Waals surface area contributed by atoms with Crippen molar-refractivity contribution in [1.29, 1.82) is 0 Å². The number of benzene rings is 1. The standard InChI is InChI=1S/C16H26N2O3.ClH/c1-3-10-20-14-7-6-13(12-15(14)21-11-4-2)16(19)18-9-5-8-17;/h6-7,12H,3-5,8-11,17H2,1-2H3,(H,18,19);1H. The van der Waals surface area contributed by atoms with Crippen LogP contribution in [0.25, 0.3) is 0 Å². The maximum atomic E-state index is 12.0. The highest BCUT2D eigenvalue weighted by atomic mass is 35.5. The van der Waals surface area contributed by atoms with Crippen LogP contribution in [0.15, 0.2) is 18.2 Å². The summed E-state index contributed by atoms with van der Waals surface area (Å²) in [6, 6.07) is 5.28. The number of carbonyl (C=O) groups is 1. The molecule has 0 aliphatic carbocycles. The first-order valence-corrected chi connectivity index (χ1v) is 7.60. The molecule has 1 aromatic carbocycles. The first-order chi connectivity index (χ1) is 10.2. The van der Waals surface area contributed by atoms with Gasteiger partial charge in [0.15, 0.2) is 11.5 Å². The molecule has 0 bridgehead atoms. The molecule has 0 heterocycles. The third kappa shape index (κ3) is 7.00. The molecule has 5 nitrogen and oxygen atoms in total. The summed E-state index contributed by atoms with van der Waals surface area (Å²) < 4.78 is 11.3. The van der Waals surface area contributed by atoms with E-state index in [-0.39, 0.29) is 18.3 Å². The number of ether oxygens (including phenoxy) is 2. The predicted octanol–water partition coefficient (Wildman–Crippen LogP) is 2.76. The zero-order chi connectivity index (χ0) is 15.5. The second kappa shape index (κ2) is 12.1. The highest BCUT2D eigenvalue weighted by Crippen LogP contribution is 2.28. The predicted molar refractivity (Wildman–Crippen MR) is 91.3 cm³/mol. The molecule has 0 spiro atoms. The van der Waals surface area contributed by atoms with Crippen LogP contribution in [0.5, 0.6) is 11.5 Å². The minimum atomic E-state index is -0.119. The lowest BCUT2D eigenvalue weighted by atomic mass is 10.2. The van der Waals surface area contributed by atoms with Gasteiger partial charge in [0.05, 0.1) is 13.2 Å². The third-order valence-corrected chi connectivity index (χ3v) is 2.80. The SMILES string of the molecule is CCCOc1ccc(C(=O)NCCCN)cc1OCCC.Cl. The van der Waals surface area contributed by atoms with Crippen molar-refractivity contribution >= 4 is 18.3 Å². The molecule has 0 saturated heterocycles. The molecule has 0 fully saturated rings. The number of amides is 1. The van der Waals surface area contributed by atoms with Gasteiger partial charge in [-0.25, -0.2) is 0 Å². The molecule has 0 saturated carbocycles. The Kier molecular flexibility index (Phi) is 11.3. The molecule has 0 unspecified atom stereocenters. The Hall–Kier alpha value is -1.46. The molecule has 3 N–H and O–H groups in total. The van der Waals surface area contributed by atoms with Crippen molar-refractivity contribution in [3.63, 3.8) is 0 Å². The molecule has 1 amide bonds. The van der Waals surface area contributed by atoms with Gasteiger partial charge in [-0.2, -0.15) is 0 Å². The van der Waals surface area contributed by atoms with Gasteiger partial charge in [0.1, 0.15) is 0 Å². The van der Waals surface area contributed by atoms with Crippen LogP contribution in [-0.4, -0.2) is 32.2 Å². The Morgan fingerprint density at radius 1 is 1.14 bits per heavy atom. The van der Waals surface area contributed by atoms with E-state index >= 15 is 0 Å². The Morgan fingerprint density at radius 2 is 1.77 bits per heavy atom. The van der Waals surface area contributed by atoms with Crippen LogP contribution in [0.2, 0.25) is 0 Å². The number of hydrogen-bond acceptors (Lipinski definition) is 4. The molecule has 0 aliphatic heterocycles. The fourth-order valence-corrected chi connectivity index (χ4v) is 1.71. The van der Waals surface area contributed by atoms with Crippen LogP contribution < -0.4 is 20.5 Å². The summed E-state index contributed by atoms with van der Waals surface area (Å²) in [5, 5.41) is 2.83. The van der Waals surface area contributed by atoms with Gasteiger partial charge in [-0.15, -0.1) is 12.4 Å². The van der Waals surface area contributed by atoms with Gasteiger partial charge in [-0.1, -0.05) is 13.8 Å². The molecule has 0 aliphatic rings. The molecule has 0 atom stereocenters. The summed E-state index contributed by atoms with van der Waals surface area (Å²) in [4.78, 5) is 12.0. The van der Waals surface area contributed by atoms with E-state index in [2.05, 4.69) is 5.32 Å². The number of nitrogens with one attached hydrogen (secondary N) is 1. The van der Waals surface area contributed by atoms with Gasteiger partial charge in [-0.05, 0) is 44.0 Å². The van der Waals surface area contributed by atoms with E-state index < -0.39 is 0 Å². The zero-order valence-corrected chi connectivity index (χ0v) is 14.2. The average molecular weight is 331 g/mol. The van der Waals surface area contributed by atoms with Crippen molar-refractivity contribution in [2.45, 2.75) is 33.1 Å². The van der Waals surface area contributed by atoms with Crippen LogP contribution in [0.1, 0.15) is 43.5 Å². The van der Waals surface area contributed by atoms with Gasteiger partial charge < -0.3 is 20.5 Å². The van der Waals surface area contributed by atoms with E-state index in [9.17, 15) is 4.79 Å². The maximum absolute atomic E-state index is 12.0. The third-order valence-electron chi connectivity index (χ3n) is 2.80. The number of hydrogen-bond donors (Lipinski definition) is 2. The molecular formula is C16H27ClN2O3. The lowest BCUT2D eigenvalue weighted by molar-refractivity contribution is 0.0953. The van der Waals surface area contributed by atoms with Crippen LogP contribution in [0, 0.1) is 0 Å². The van der Waals surface area contributed by atoms with Crippen LogP contribution in [0.4, 0.5) is 0 Å². The highest BCUT2D eigenvalue weighted by Gasteiger charge is 2.11. The molecule has 1 rings (SSSR count). The summed E-state index contributed by atoms with van der Waals surface area (Å²) in [6.07, 6.45) is 2.59. The van der Waals surface area contributed by atoms with Crippen molar-refractivity contribution in [3.8, 4) is 11.5 Å².